The molecule has 0 atom stereocenters. The molecule has 1 aromatic heterocycles. The average molecular weight is 186 g/mol. The lowest BCUT2D eigenvalue weighted by molar-refractivity contribution is 0.269. The molecule has 3 heteroatoms. The van der Waals surface area contributed by atoms with Crippen LogP contribution in [-0.4, -0.2) is 21.5 Å². The third-order valence-electron chi connectivity index (χ3n) is 0.888. The van der Waals surface area contributed by atoms with E-state index in [0.717, 1.165) is 0 Å². The van der Waals surface area contributed by atoms with Crippen LogP contribution in [0.2, 0.25) is 0 Å². The van der Waals surface area contributed by atoms with Crippen molar-refractivity contribution < 1.29 is 5.11 Å². The largest absolute Gasteiger partial charge is 0.394 e. The van der Waals surface area contributed by atoms with Crippen LogP contribution in [-0.2, 0) is 6.54 Å². The molecule has 0 saturated carbocycles. The highest BCUT2D eigenvalue weighted by Gasteiger charge is 1.83. The Morgan fingerprint density at radius 3 is 2.15 bits per heavy atom. The molecular formula is C10H22N2O. The Morgan fingerprint density at radius 2 is 1.85 bits per heavy atom. The Morgan fingerprint density at radius 1 is 1.31 bits per heavy atom. The van der Waals surface area contributed by atoms with Gasteiger partial charge in [0.15, 0.2) is 0 Å². The van der Waals surface area contributed by atoms with E-state index >= 15 is 0 Å². The number of aromatic nitrogens is 2. The molecule has 0 aliphatic heterocycles. The second-order valence-corrected chi connectivity index (χ2v) is 2.20. The first-order valence-corrected chi connectivity index (χ1v) is 4.93. The van der Waals surface area contributed by atoms with Crippen LogP contribution >= 0.6 is 0 Å². The number of hydrogen-bond acceptors (Lipinski definition) is 2. The molecule has 0 fully saturated rings. The molecule has 78 valence electrons. The van der Waals surface area contributed by atoms with Crippen molar-refractivity contribution >= 4 is 0 Å². The summed E-state index contributed by atoms with van der Waals surface area (Å²) in [7, 11) is 0. The predicted octanol–water partition coefficient (Wildman–Crippen LogP) is 2.32. The van der Waals surface area contributed by atoms with Crippen LogP contribution in [0.4, 0.5) is 0 Å². The van der Waals surface area contributed by atoms with E-state index in [9.17, 15) is 0 Å². The molecule has 0 bridgehead atoms. The van der Waals surface area contributed by atoms with E-state index < -0.39 is 0 Å². The topological polar surface area (TPSA) is 38.0 Å². The summed E-state index contributed by atoms with van der Waals surface area (Å²) in [6.07, 6.45) is 4.76. The zero-order valence-electron chi connectivity index (χ0n) is 9.20. The summed E-state index contributed by atoms with van der Waals surface area (Å²) in [5.74, 6) is 0. The highest BCUT2D eigenvalue weighted by molar-refractivity contribution is 4.77. The minimum Gasteiger partial charge on any atom is -0.394 e. The minimum absolute atomic E-state index is 0.154. The second-order valence-electron chi connectivity index (χ2n) is 2.20. The van der Waals surface area contributed by atoms with Crippen LogP contribution in [0, 0.1) is 0 Å². The van der Waals surface area contributed by atoms with Crippen LogP contribution in [0.3, 0.4) is 0 Å². The maximum Gasteiger partial charge on any atom is 0.0640 e. The van der Waals surface area contributed by atoms with Gasteiger partial charge in [0.2, 0.25) is 0 Å². The average Bonchev–Trinajstić information content (AvgIpc) is 2.63. The van der Waals surface area contributed by atoms with Gasteiger partial charge >= 0.3 is 0 Å². The van der Waals surface area contributed by atoms with Gasteiger partial charge in [0.1, 0.15) is 0 Å². The van der Waals surface area contributed by atoms with Crippen molar-refractivity contribution in [2.45, 2.75) is 40.7 Å². The first-order valence-electron chi connectivity index (χ1n) is 4.93. The van der Waals surface area contributed by atoms with Crippen LogP contribution in [0.15, 0.2) is 18.5 Å². The molecule has 3 nitrogen and oxygen atoms in total. The zero-order valence-corrected chi connectivity index (χ0v) is 9.20. The van der Waals surface area contributed by atoms with Gasteiger partial charge in [-0.15, -0.1) is 0 Å². The molecule has 13 heavy (non-hydrogen) atoms. The fraction of sp³-hybridized carbons (Fsp3) is 0.700. The van der Waals surface area contributed by atoms with Gasteiger partial charge in [-0.25, -0.2) is 0 Å². The number of hydrogen-bond donors (Lipinski definition) is 1. The molecular weight excluding hydrogens is 164 g/mol. The Labute approximate surface area is 81.4 Å². The van der Waals surface area contributed by atoms with Crippen molar-refractivity contribution in [3.8, 4) is 0 Å². The van der Waals surface area contributed by atoms with Gasteiger partial charge in [-0.05, 0) is 6.07 Å². The predicted molar refractivity (Wildman–Crippen MR) is 56.6 cm³/mol. The molecule has 0 aliphatic rings. The quantitative estimate of drug-likeness (QED) is 0.769. The van der Waals surface area contributed by atoms with Gasteiger partial charge in [-0.3, -0.25) is 4.68 Å². The summed E-state index contributed by atoms with van der Waals surface area (Å²) < 4.78 is 1.68. The Hall–Kier alpha value is -0.830. The van der Waals surface area contributed by atoms with Gasteiger partial charge in [-0.1, -0.05) is 34.1 Å². The molecule has 1 heterocycles. The summed E-state index contributed by atoms with van der Waals surface area (Å²) in [5, 5.41) is 12.2. The zero-order chi connectivity index (χ0) is 10.5. The van der Waals surface area contributed by atoms with Gasteiger partial charge in [-0.2, -0.15) is 5.10 Å². The first kappa shape index (κ1) is 14.7. The van der Waals surface area contributed by atoms with E-state index in [0.29, 0.717) is 6.54 Å². The third kappa shape index (κ3) is 11.2. The Kier molecular flexibility index (Phi) is 15.5. The van der Waals surface area contributed by atoms with Gasteiger partial charge in [0, 0.05) is 12.4 Å². The maximum absolute atomic E-state index is 8.38. The molecule has 1 N–H and O–H groups in total. The number of aliphatic hydroxyl groups is 1. The lowest BCUT2D eigenvalue weighted by Crippen LogP contribution is -2.01. The Bertz CT molecular complexity index is 150. The molecule has 0 unspecified atom stereocenters. The third-order valence-corrected chi connectivity index (χ3v) is 0.888. The lowest BCUT2D eigenvalue weighted by atomic mass is 10.6. The summed E-state index contributed by atoms with van der Waals surface area (Å²) in [5.41, 5.74) is 0. The molecule has 0 saturated heterocycles. The number of nitrogens with zero attached hydrogens (tertiary/aromatic N) is 2. The van der Waals surface area contributed by atoms with Crippen LogP contribution in [0.1, 0.15) is 34.1 Å². The van der Waals surface area contributed by atoms with E-state index in [1.807, 2.05) is 26.1 Å². The van der Waals surface area contributed by atoms with Gasteiger partial charge < -0.3 is 5.11 Å². The lowest BCUT2D eigenvalue weighted by Gasteiger charge is -1.92. The van der Waals surface area contributed by atoms with Gasteiger partial charge in [0.05, 0.1) is 13.2 Å². The van der Waals surface area contributed by atoms with E-state index in [1.165, 1.54) is 6.42 Å². The van der Waals surface area contributed by atoms with Crippen LogP contribution in [0.5, 0.6) is 0 Å². The molecule has 0 aromatic carbocycles. The van der Waals surface area contributed by atoms with Crippen molar-refractivity contribution in [1.82, 2.24) is 9.78 Å². The summed E-state index contributed by atoms with van der Waals surface area (Å²) in [6, 6.07) is 1.83. The van der Waals surface area contributed by atoms with E-state index in [-0.39, 0.29) is 6.61 Å². The highest BCUT2D eigenvalue weighted by Crippen LogP contribution is 1.80. The van der Waals surface area contributed by atoms with E-state index in [2.05, 4.69) is 18.9 Å². The summed E-state index contributed by atoms with van der Waals surface area (Å²) in [4.78, 5) is 0. The monoisotopic (exact) mass is 186 g/mol. The van der Waals surface area contributed by atoms with Crippen molar-refractivity contribution in [3.63, 3.8) is 0 Å². The highest BCUT2D eigenvalue weighted by atomic mass is 16.3. The number of rotatable bonds is 2. The standard InChI is InChI=1S/C5H8N2O.C3H8.C2H6/c8-5-4-7-3-1-2-6-7;1-3-2;1-2/h1-3,8H,4-5H2;3H2,1-2H3;1-2H3. The van der Waals surface area contributed by atoms with Crippen molar-refractivity contribution in [1.29, 1.82) is 0 Å². The normalized spacial score (nSPS) is 7.77. The van der Waals surface area contributed by atoms with Crippen molar-refractivity contribution in [3.05, 3.63) is 18.5 Å². The second kappa shape index (κ2) is 13.7. The fourth-order valence-corrected chi connectivity index (χ4v) is 0.535. The van der Waals surface area contributed by atoms with E-state index in [1.54, 1.807) is 10.9 Å². The smallest absolute Gasteiger partial charge is 0.0640 e. The fourth-order valence-electron chi connectivity index (χ4n) is 0.535. The molecule has 0 aliphatic carbocycles. The first-order chi connectivity index (χ1) is 6.35. The molecule has 0 amide bonds. The summed E-state index contributed by atoms with van der Waals surface area (Å²) in [6.45, 7) is 8.99. The number of aliphatic hydroxyl groups excluding tert-OH is 1. The van der Waals surface area contributed by atoms with Crippen LogP contribution in [0.25, 0.3) is 0 Å². The van der Waals surface area contributed by atoms with Gasteiger partial charge in [0.25, 0.3) is 0 Å². The Balaban J connectivity index is 0. The maximum atomic E-state index is 8.38. The van der Waals surface area contributed by atoms with Crippen molar-refractivity contribution in [2.75, 3.05) is 6.61 Å². The van der Waals surface area contributed by atoms with Crippen LogP contribution < -0.4 is 0 Å². The van der Waals surface area contributed by atoms with Crippen molar-refractivity contribution in [2.24, 2.45) is 0 Å². The molecule has 1 aromatic rings. The molecule has 1 rings (SSSR count). The molecule has 0 spiro atoms. The SMILES string of the molecule is CC.CCC.OCCn1cccn1. The minimum atomic E-state index is 0.154. The summed E-state index contributed by atoms with van der Waals surface area (Å²) >= 11 is 0. The van der Waals surface area contributed by atoms with E-state index in [4.69, 9.17) is 5.11 Å². The molecule has 0 radical (unpaired) electrons.